The standard InChI is InChI=1S/C28H29N5O6S2/c1-18-8-11-21(16-29-18)27-31-25(17-40-27)23(14-20-9-12-22(13-10-20)33-39-41(36)37)30-26(34)24(32-28(35)38-2)15-19-6-4-3-5-7-19/h3-13,16-17,23-24,33H,14-15H2,1-2H3,(H,30,34)(H,32,35)(H,36,37)/p-1/t23-,24-/m0/s1. The van der Waals surface area contributed by atoms with Crippen LogP contribution in [0.3, 0.4) is 0 Å². The number of alkyl carbamates (subject to hydrolysis) is 1. The Labute approximate surface area is 243 Å². The van der Waals surface area contributed by atoms with E-state index in [1.54, 1.807) is 30.5 Å². The molecule has 3 N–H and O–H groups in total. The van der Waals surface area contributed by atoms with Crippen LogP contribution in [-0.4, -0.2) is 43.9 Å². The number of aromatic nitrogens is 2. The van der Waals surface area contributed by atoms with Crippen molar-refractivity contribution in [3.05, 3.63) is 101 Å². The topological polar surface area (TPSA) is 155 Å². The van der Waals surface area contributed by atoms with Gasteiger partial charge < -0.3 is 19.9 Å². The van der Waals surface area contributed by atoms with Gasteiger partial charge in [0.2, 0.25) is 5.91 Å². The average Bonchev–Trinajstić information content (AvgIpc) is 3.47. The summed E-state index contributed by atoms with van der Waals surface area (Å²) in [6.07, 6.45) is 1.66. The zero-order valence-corrected chi connectivity index (χ0v) is 23.9. The van der Waals surface area contributed by atoms with E-state index in [-0.39, 0.29) is 6.42 Å². The normalized spacial score (nSPS) is 13.0. The lowest BCUT2D eigenvalue weighted by atomic mass is 10.0. The predicted molar refractivity (Wildman–Crippen MR) is 154 cm³/mol. The van der Waals surface area contributed by atoms with Crippen molar-refractivity contribution in [2.45, 2.75) is 31.8 Å². The van der Waals surface area contributed by atoms with Gasteiger partial charge in [0.25, 0.3) is 0 Å². The van der Waals surface area contributed by atoms with Gasteiger partial charge in [-0.2, -0.15) is 4.28 Å². The molecule has 2 heterocycles. The number of aryl methyl sites for hydroxylation is 1. The highest BCUT2D eigenvalue weighted by atomic mass is 32.2. The fourth-order valence-electron chi connectivity index (χ4n) is 3.96. The third-order valence-corrected chi connectivity index (χ3v) is 7.18. The molecule has 0 aliphatic carbocycles. The minimum atomic E-state index is -2.71. The Hall–Kier alpha value is -4.17. The number of hydrogen-bond acceptors (Lipinski definition) is 10. The lowest BCUT2D eigenvalue weighted by Gasteiger charge is -2.23. The second kappa shape index (κ2) is 14.5. The van der Waals surface area contributed by atoms with E-state index >= 15 is 0 Å². The van der Waals surface area contributed by atoms with Crippen LogP contribution in [-0.2, 0) is 38.0 Å². The molecule has 1 unspecified atom stereocenters. The molecule has 3 atom stereocenters. The number of ether oxygens (including phenoxy) is 1. The van der Waals surface area contributed by atoms with Gasteiger partial charge in [0.15, 0.2) is 0 Å². The van der Waals surface area contributed by atoms with E-state index in [1.165, 1.54) is 18.4 Å². The number of benzene rings is 2. The van der Waals surface area contributed by atoms with Gasteiger partial charge in [-0.25, -0.2) is 14.0 Å². The molecule has 2 amide bonds. The Bertz CT molecular complexity index is 1470. The molecule has 4 rings (SSSR count). The second-order valence-electron chi connectivity index (χ2n) is 9.00. The maximum Gasteiger partial charge on any atom is 0.407 e. The summed E-state index contributed by atoms with van der Waals surface area (Å²) in [5.41, 5.74) is 6.87. The van der Waals surface area contributed by atoms with Gasteiger partial charge in [-0.15, -0.1) is 11.3 Å². The van der Waals surface area contributed by atoms with Crippen molar-refractivity contribution in [1.82, 2.24) is 20.6 Å². The largest absolute Gasteiger partial charge is 0.748 e. The van der Waals surface area contributed by atoms with Crippen molar-refractivity contribution in [2.75, 3.05) is 12.6 Å². The zero-order valence-electron chi connectivity index (χ0n) is 22.2. The monoisotopic (exact) mass is 594 g/mol. The van der Waals surface area contributed by atoms with E-state index in [4.69, 9.17) is 9.72 Å². The molecule has 0 aliphatic heterocycles. The highest BCUT2D eigenvalue weighted by Crippen LogP contribution is 2.28. The first-order chi connectivity index (χ1) is 19.8. The van der Waals surface area contributed by atoms with Crippen LogP contribution in [0.5, 0.6) is 0 Å². The van der Waals surface area contributed by atoms with Crippen LogP contribution < -0.4 is 16.1 Å². The molecular weight excluding hydrogens is 566 g/mol. The average molecular weight is 595 g/mol. The van der Waals surface area contributed by atoms with Crippen LogP contribution in [0, 0.1) is 6.92 Å². The molecule has 0 saturated heterocycles. The summed E-state index contributed by atoms with van der Waals surface area (Å²) in [4.78, 5) is 34.8. The van der Waals surface area contributed by atoms with Crippen molar-refractivity contribution in [2.24, 2.45) is 0 Å². The smallest absolute Gasteiger partial charge is 0.407 e. The van der Waals surface area contributed by atoms with Gasteiger partial charge in [0.05, 0.1) is 24.5 Å². The number of pyridine rings is 1. The van der Waals surface area contributed by atoms with E-state index < -0.39 is 35.4 Å². The van der Waals surface area contributed by atoms with Crippen molar-refractivity contribution < 1.29 is 27.4 Å². The number of amides is 2. The first kappa shape index (κ1) is 29.8. The summed E-state index contributed by atoms with van der Waals surface area (Å²) in [6, 6.07) is 18.6. The molecule has 13 heteroatoms. The molecule has 0 bridgehead atoms. The minimum absolute atomic E-state index is 0.257. The van der Waals surface area contributed by atoms with Gasteiger partial charge in [-0.1, -0.05) is 42.5 Å². The zero-order chi connectivity index (χ0) is 29.2. The van der Waals surface area contributed by atoms with Gasteiger partial charge >= 0.3 is 6.09 Å². The first-order valence-corrected chi connectivity index (χ1v) is 14.4. The van der Waals surface area contributed by atoms with E-state index in [9.17, 15) is 18.4 Å². The van der Waals surface area contributed by atoms with E-state index in [0.29, 0.717) is 17.8 Å². The van der Waals surface area contributed by atoms with Crippen molar-refractivity contribution in [1.29, 1.82) is 0 Å². The maximum absolute atomic E-state index is 13.6. The van der Waals surface area contributed by atoms with Gasteiger partial charge in [-0.05, 0) is 48.7 Å². The Balaban J connectivity index is 1.59. The summed E-state index contributed by atoms with van der Waals surface area (Å²) < 4.78 is 30.5. The number of nitrogens with one attached hydrogen (secondary N) is 3. The van der Waals surface area contributed by atoms with Crippen molar-refractivity contribution in [3.63, 3.8) is 0 Å². The summed E-state index contributed by atoms with van der Waals surface area (Å²) in [6.45, 7) is 1.91. The number of methoxy groups -OCH3 is 1. The number of carbonyl (C=O) groups is 2. The molecule has 11 nitrogen and oxygen atoms in total. The molecule has 4 aromatic rings. The quantitative estimate of drug-likeness (QED) is 0.163. The third-order valence-electron chi connectivity index (χ3n) is 6.05. The number of nitrogens with zero attached hydrogens (tertiary/aromatic N) is 2. The van der Waals surface area contributed by atoms with Crippen LogP contribution >= 0.6 is 11.3 Å². The first-order valence-electron chi connectivity index (χ1n) is 12.5. The van der Waals surface area contributed by atoms with Crippen molar-refractivity contribution in [3.8, 4) is 10.6 Å². The van der Waals surface area contributed by atoms with Gasteiger partial charge in [0, 0.05) is 29.3 Å². The molecule has 0 saturated carbocycles. The SMILES string of the molecule is COC(=O)N[C@@H](Cc1ccccc1)C(=O)N[C@@H](Cc1ccc(NOS(=O)[O-])cc1)c1csc(-c2ccc(C)nc2)n1. The summed E-state index contributed by atoms with van der Waals surface area (Å²) in [5.74, 6) is -0.402. The van der Waals surface area contributed by atoms with Crippen LogP contribution in [0.2, 0.25) is 0 Å². The molecule has 41 heavy (non-hydrogen) atoms. The molecule has 0 fully saturated rings. The molecule has 2 aromatic heterocycles. The van der Waals surface area contributed by atoms with Crippen LogP contribution in [0.4, 0.5) is 10.5 Å². The summed E-state index contributed by atoms with van der Waals surface area (Å²) in [5, 5.41) is 8.32. The Morgan fingerprint density at radius 2 is 1.73 bits per heavy atom. The van der Waals surface area contributed by atoms with Crippen LogP contribution in [0.1, 0.15) is 28.6 Å². The molecule has 0 aliphatic rings. The molecule has 214 valence electrons. The highest BCUT2D eigenvalue weighted by Gasteiger charge is 2.26. The third kappa shape index (κ3) is 8.91. The maximum atomic E-state index is 13.6. The Kier molecular flexibility index (Phi) is 10.5. The lowest BCUT2D eigenvalue weighted by Crippen LogP contribution is -2.49. The van der Waals surface area contributed by atoms with E-state index in [1.807, 2.05) is 54.8 Å². The van der Waals surface area contributed by atoms with Crippen LogP contribution in [0.15, 0.2) is 78.3 Å². The van der Waals surface area contributed by atoms with E-state index in [2.05, 4.69) is 25.4 Å². The molecule has 0 radical (unpaired) electrons. The summed E-state index contributed by atoms with van der Waals surface area (Å²) in [7, 11) is 1.24. The molecule has 0 spiro atoms. The fraction of sp³-hybridized carbons (Fsp3) is 0.214. The molecular formula is C28H28N5O6S2-. The number of rotatable bonds is 12. The van der Waals surface area contributed by atoms with E-state index in [0.717, 1.165) is 27.4 Å². The van der Waals surface area contributed by atoms with Crippen LogP contribution in [0.25, 0.3) is 10.6 Å². The highest BCUT2D eigenvalue weighted by molar-refractivity contribution is 7.74. The minimum Gasteiger partial charge on any atom is -0.748 e. The number of anilines is 1. The van der Waals surface area contributed by atoms with Crippen molar-refractivity contribution >= 4 is 40.4 Å². The number of carbonyl (C=O) groups excluding carboxylic acids is 2. The number of hydrogen-bond donors (Lipinski definition) is 3. The Morgan fingerprint density at radius 1 is 1.00 bits per heavy atom. The number of thiazole rings is 1. The molecule has 2 aromatic carbocycles. The predicted octanol–water partition coefficient (Wildman–Crippen LogP) is 4.02. The van der Waals surface area contributed by atoms with Gasteiger partial charge in [-0.3, -0.25) is 15.3 Å². The lowest BCUT2D eigenvalue weighted by molar-refractivity contribution is -0.123. The van der Waals surface area contributed by atoms with Gasteiger partial charge in [0.1, 0.15) is 22.4 Å². The second-order valence-corrected chi connectivity index (χ2v) is 10.4. The Morgan fingerprint density at radius 3 is 2.39 bits per heavy atom. The fourth-order valence-corrected chi connectivity index (χ4v) is 4.99. The summed E-state index contributed by atoms with van der Waals surface area (Å²) >= 11 is -1.28.